The molecule has 0 N–H and O–H groups in total. The molecule has 0 aliphatic heterocycles. The minimum absolute atomic E-state index is 0.458. The maximum atomic E-state index is 11.5. The first kappa shape index (κ1) is 14.7. The third-order valence-electron chi connectivity index (χ3n) is 3.01. The topological polar surface area (TPSA) is 17.1 Å². The van der Waals surface area contributed by atoms with E-state index in [1.165, 1.54) is 25.7 Å². The van der Waals surface area contributed by atoms with Crippen LogP contribution >= 0.6 is 0 Å². The summed E-state index contributed by atoms with van der Waals surface area (Å²) in [5.41, 5.74) is 0. The average molecular weight is 212 g/mol. The van der Waals surface area contributed by atoms with Crippen molar-refractivity contribution < 1.29 is 4.79 Å². The number of hydrogen-bond donors (Lipinski definition) is 0. The summed E-state index contributed by atoms with van der Waals surface area (Å²) in [4.78, 5) is 11.5. The Labute approximate surface area is 95.6 Å². The number of rotatable bonds is 9. The van der Waals surface area contributed by atoms with Gasteiger partial charge in [-0.3, -0.25) is 4.79 Å². The molecule has 0 aliphatic carbocycles. The van der Waals surface area contributed by atoms with Crippen LogP contribution in [0.15, 0.2) is 0 Å². The van der Waals surface area contributed by atoms with E-state index in [-0.39, 0.29) is 0 Å². The second-order valence-electron chi connectivity index (χ2n) is 5.09. The van der Waals surface area contributed by atoms with Gasteiger partial charge in [0.15, 0.2) is 0 Å². The molecule has 0 aromatic rings. The second kappa shape index (κ2) is 8.94. The fourth-order valence-electron chi connectivity index (χ4n) is 1.97. The molecule has 1 heteroatoms. The zero-order valence-corrected chi connectivity index (χ0v) is 11.0. The van der Waals surface area contributed by atoms with Gasteiger partial charge in [-0.25, -0.2) is 0 Å². The maximum absolute atomic E-state index is 11.5. The van der Waals surface area contributed by atoms with E-state index in [9.17, 15) is 4.79 Å². The van der Waals surface area contributed by atoms with E-state index in [0.717, 1.165) is 25.2 Å². The second-order valence-corrected chi connectivity index (χ2v) is 5.09. The van der Waals surface area contributed by atoms with Crippen LogP contribution in [0.25, 0.3) is 0 Å². The summed E-state index contributed by atoms with van der Waals surface area (Å²) in [6.07, 6.45) is 7.82. The normalized spacial score (nSPS) is 13.1. The molecule has 15 heavy (non-hydrogen) atoms. The number of carbonyl (C=O) groups is 1. The lowest BCUT2D eigenvalue weighted by Crippen LogP contribution is -2.07. The lowest BCUT2D eigenvalue weighted by atomic mass is 9.92. The van der Waals surface area contributed by atoms with Crippen LogP contribution in [0.3, 0.4) is 0 Å². The number of carbonyl (C=O) groups excluding carboxylic acids is 1. The zero-order chi connectivity index (χ0) is 11.7. The van der Waals surface area contributed by atoms with Crippen LogP contribution in [0, 0.1) is 11.8 Å². The highest BCUT2D eigenvalue weighted by Crippen LogP contribution is 2.19. The minimum Gasteiger partial charge on any atom is -0.300 e. The van der Waals surface area contributed by atoms with Crippen molar-refractivity contribution in [1.82, 2.24) is 0 Å². The van der Waals surface area contributed by atoms with Gasteiger partial charge < -0.3 is 0 Å². The fraction of sp³-hybridized carbons (Fsp3) is 0.929. The fourth-order valence-corrected chi connectivity index (χ4v) is 1.97. The molecule has 0 radical (unpaired) electrons. The Balaban J connectivity index is 3.65. The first-order valence-electron chi connectivity index (χ1n) is 6.61. The summed E-state index contributed by atoms with van der Waals surface area (Å²) in [6.45, 7) is 8.71. The van der Waals surface area contributed by atoms with Crippen molar-refractivity contribution in [2.45, 2.75) is 72.6 Å². The van der Waals surface area contributed by atoms with E-state index in [2.05, 4.69) is 27.7 Å². The first-order valence-corrected chi connectivity index (χ1v) is 6.61. The summed E-state index contributed by atoms with van der Waals surface area (Å²) in [6, 6.07) is 0. The van der Waals surface area contributed by atoms with Crippen molar-refractivity contribution in [3.8, 4) is 0 Å². The highest BCUT2D eigenvalue weighted by atomic mass is 16.1. The summed E-state index contributed by atoms with van der Waals surface area (Å²) in [5.74, 6) is 1.76. The summed E-state index contributed by atoms with van der Waals surface area (Å²) >= 11 is 0. The highest BCUT2D eigenvalue weighted by molar-refractivity contribution is 5.78. The van der Waals surface area contributed by atoms with Crippen molar-refractivity contribution in [2.24, 2.45) is 11.8 Å². The number of unbranched alkanes of at least 4 members (excludes halogenated alkanes) is 1. The number of hydrogen-bond acceptors (Lipinski definition) is 1. The van der Waals surface area contributed by atoms with E-state index in [1.807, 2.05) is 0 Å². The Morgan fingerprint density at radius 2 is 1.80 bits per heavy atom. The highest BCUT2D eigenvalue weighted by Gasteiger charge is 2.10. The average Bonchev–Trinajstić information content (AvgIpc) is 2.17. The predicted molar refractivity (Wildman–Crippen MR) is 67.0 cm³/mol. The molecule has 0 heterocycles. The summed E-state index contributed by atoms with van der Waals surface area (Å²) in [7, 11) is 0. The Kier molecular flexibility index (Phi) is 8.74. The molecule has 0 rings (SSSR count). The number of Topliss-reactive ketones (excluding diaryl/α,β-unsaturated/α-hetero) is 1. The molecule has 0 bridgehead atoms. The largest absolute Gasteiger partial charge is 0.300 e. The van der Waals surface area contributed by atoms with E-state index >= 15 is 0 Å². The van der Waals surface area contributed by atoms with Gasteiger partial charge in [0.25, 0.3) is 0 Å². The molecule has 0 spiro atoms. The maximum Gasteiger partial charge on any atom is 0.133 e. The van der Waals surface area contributed by atoms with E-state index in [0.29, 0.717) is 11.7 Å². The van der Waals surface area contributed by atoms with Gasteiger partial charge in [-0.1, -0.05) is 53.4 Å². The van der Waals surface area contributed by atoms with Gasteiger partial charge in [-0.05, 0) is 18.3 Å². The Bertz CT molecular complexity index is 161. The third kappa shape index (κ3) is 8.65. The Morgan fingerprint density at radius 1 is 1.13 bits per heavy atom. The van der Waals surface area contributed by atoms with Crippen molar-refractivity contribution in [2.75, 3.05) is 0 Å². The number of ketones is 1. The molecule has 1 atom stereocenters. The molecule has 90 valence electrons. The SMILES string of the molecule is CCCC[C@H](CC)CCC(=O)CC(C)C. The molecular weight excluding hydrogens is 184 g/mol. The predicted octanol–water partition coefficient (Wildman–Crippen LogP) is 4.60. The van der Waals surface area contributed by atoms with Crippen LogP contribution in [0.4, 0.5) is 0 Å². The van der Waals surface area contributed by atoms with Gasteiger partial charge in [0.2, 0.25) is 0 Å². The van der Waals surface area contributed by atoms with E-state index < -0.39 is 0 Å². The van der Waals surface area contributed by atoms with Crippen molar-refractivity contribution in [3.05, 3.63) is 0 Å². The smallest absolute Gasteiger partial charge is 0.133 e. The van der Waals surface area contributed by atoms with Crippen LogP contribution in [0.2, 0.25) is 0 Å². The van der Waals surface area contributed by atoms with E-state index in [4.69, 9.17) is 0 Å². The zero-order valence-electron chi connectivity index (χ0n) is 11.0. The molecule has 0 aromatic heterocycles. The quantitative estimate of drug-likeness (QED) is 0.546. The van der Waals surface area contributed by atoms with Crippen LogP contribution in [-0.2, 0) is 4.79 Å². The van der Waals surface area contributed by atoms with Crippen LogP contribution < -0.4 is 0 Å². The van der Waals surface area contributed by atoms with Gasteiger partial charge in [0, 0.05) is 12.8 Å². The molecule has 0 saturated carbocycles. The molecule has 0 saturated heterocycles. The van der Waals surface area contributed by atoms with Crippen LogP contribution in [0.5, 0.6) is 0 Å². The van der Waals surface area contributed by atoms with Gasteiger partial charge in [-0.2, -0.15) is 0 Å². The van der Waals surface area contributed by atoms with Gasteiger partial charge in [0.1, 0.15) is 5.78 Å². The van der Waals surface area contributed by atoms with Crippen molar-refractivity contribution in [3.63, 3.8) is 0 Å². The molecule has 0 amide bonds. The first-order chi connectivity index (χ1) is 7.10. The lowest BCUT2D eigenvalue weighted by molar-refractivity contribution is -0.120. The lowest BCUT2D eigenvalue weighted by Gasteiger charge is -2.13. The van der Waals surface area contributed by atoms with Crippen molar-refractivity contribution >= 4 is 5.78 Å². The molecule has 0 fully saturated rings. The molecular formula is C14H28O. The van der Waals surface area contributed by atoms with Crippen LogP contribution in [0.1, 0.15) is 72.6 Å². The van der Waals surface area contributed by atoms with Gasteiger partial charge in [-0.15, -0.1) is 0 Å². The molecule has 1 nitrogen and oxygen atoms in total. The standard InChI is InChI=1S/C14H28O/c1-5-7-8-13(6-2)9-10-14(15)11-12(3)4/h12-13H,5-11H2,1-4H3/t13-/m0/s1. The monoisotopic (exact) mass is 212 g/mol. The molecule has 0 aliphatic rings. The summed E-state index contributed by atoms with van der Waals surface area (Å²) < 4.78 is 0. The van der Waals surface area contributed by atoms with Crippen molar-refractivity contribution in [1.29, 1.82) is 0 Å². The Morgan fingerprint density at radius 3 is 2.27 bits per heavy atom. The van der Waals surface area contributed by atoms with Gasteiger partial charge >= 0.3 is 0 Å². The molecule has 0 aromatic carbocycles. The van der Waals surface area contributed by atoms with Crippen LogP contribution in [-0.4, -0.2) is 5.78 Å². The van der Waals surface area contributed by atoms with E-state index in [1.54, 1.807) is 0 Å². The third-order valence-corrected chi connectivity index (χ3v) is 3.01. The van der Waals surface area contributed by atoms with Gasteiger partial charge in [0.05, 0.1) is 0 Å². The Hall–Kier alpha value is -0.330. The summed E-state index contributed by atoms with van der Waals surface area (Å²) in [5, 5.41) is 0. The minimum atomic E-state index is 0.458. The molecule has 0 unspecified atom stereocenters.